The number of nitrogens with one attached hydrogen (secondary N) is 2. The van der Waals surface area contributed by atoms with Gasteiger partial charge in [-0.1, -0.05) is 49.7 Å². The van der Waals surface area contributed by atoms with Crippen molar-refractivity contribution >= 4 is 15.9 Å². The standard InChI is InChI=1S/C20H24N2O3S/c1-3-12-20(2,16-7-5-4-6-8-16)22-26(24,25)17-10-9-15-11-13-21-19(23)18(15)14-17/h4-10,14,22H,3,11-13H2,1-2H3,(H,21,23). The molecular weight excluding hydrogens is 348 g/mol. The van der Waals surface area contributed by atoms with E-state index in [9.17, 15) is 13.2 Å². The lowest BCUT2D eigenvalue weighted by atomic mass is 9.89. The van der Waals surface area contributed by atoms with Crippen molar-refractivity contribution in [3.63, 3.8) is 0 Å². The van der Waals surface area contributed by atoms with Crippen LogP contribution in [0, 0.1) is 0 Å². The van der Waals surface area contributed by atoms with Gasteiger partial charge in [0.2, 0.25) is 10.0 Å². The van der Waals surface area contributed by atoms with Gasteiger partial charge in [0, 0.05) is 12.1 Å². The average Bonchev–Trinajstić information content (AvgIpc) is 2.62. The molecule has 1 aliphatic heterocycles. The fraction of sp³-hybridized carbons (Fsp3) is 0.350. The van der Waals surface area contributed by atoms with E-state index < -0.39 is 15.6 Å². The number of amides is 1. The molecule has 0 saturated heterocycles. The van der Waals surface area contributed by atoms with E-state index in [4.69, 9.17) is 0 Å². The average molecular weight is 372 g/mol. The quantitative estimate of drug-likeness (QED) is 0.819. The van der Waals surface area contributed by atoms with Crippen molar-refractivity contribution in [3.8, 4) is 0 Å². The van der Waals surface area contributed by atoms with E-state index in [0.717, 1.165) is 17.5 Å². The molecule has 0 spiro atoms. The zero-order chi connectivity index (χ0) is 18.8. The van der Waals surface area contributed by atoms with Gasteiger partial charge in [0.15, 0.2) is 0 Å². The van der Waals surface area contributed by atoms with Gasteiger partial charge in [-0.05, 0) is 43.0 Å². The summed E-state index contributed by atoms with van der Waals surface area (Å²) in [6, 6.07) is 14.4. The Morgan fingerprint density at radius 1 is 1.15 bits per heavy atom. The number of sulfonamides is 1. The summed E-state index contributed by atoms with van der Waals surface area (Å²) in [5, 5.41) is 2.76. The fourth-order valence-corrected chi connectivity index (χ4v) is 4.92. The van der Waals surface area contributed by atoms with Gasteiger partial charge in [0.05, 0.1) is 10.4 Å². The molecule has 1 heterocycles. The third-order valence-electron chi connectivity index (χ3n) is 4.84. The first-order valence-corrected chi connectivity index (χ1v) is 10.3. The summed E-state index contributed by atoms with van der Waals surface area (Å²) in [6.07, 6.45) is 2.22. The molecule has 5 nitrogen and oxygen atoms in total. The predicted molar refractivity (Wildman–Crippen MR) is 102 cm³/mol. The van der Waals surface area contributed by atoms with E-state index in [1.54, 1.807) is 12.1 Å². The summed E-state index contributed by atoms with van der Waals surface area (Å²) >= 11 is 0. The number of benzene rings is 2. The Balaban J connectivity index is 1.97. The van der Waals surface area contributed by atoms with Gasteiger partial charge in [0.1, 0.15) is 0 Å². The zero-order valence-electron chi connectivity index (χ0n) is 15.1. The van der Waals surface area contributed by atoms with Crippen LogP contribution in [-0.4, -0.2) is 20.9 Å². The number of carbonyl (C=O) groups is 1. The number of carbonyl (C=O) groups excluding carboxylic acids is 1. The topological polar surface area (TPSA) is 75.3 Å². The Labute approximate surface area is 154 Å². The number of hydrogen-bond acceptors (Lipinski definition) is 3. The van der Waals surface area contributed by atoms with E-state index in [2.05, 4.69) is 10.0 Å². The van der Waals surface area contributed by atoms with E-state index >= 15 is 0 Å². The Morgan fingerprint density at radius 2 is 1.88 bits per heavy atom. The molecule has 26 heavy (non-hydrogen) atoms. The van der Waals surface area contributed by atoms with Crippen molar-refractivity contribution in [2.24, 2.45) is 0 Å². The Morgan fingerprint density at radius 3 is 2.58 bits per heavy atom. The molecule has 138 valence electrons. The predicted octanol–water partition coefficient (Wildman–Crippen LogP) is 2.97. The SMILES string of the molecule is CCCC(C)(NS(=O)(=O)c1ccc2c(c1)C(=O)NCC2)c1ccccc1. The van der Waals surface area contributed by atoms with Crippen molar-refractivity contribution in [1.82, 2.24) is 10.0 Å². The number of rotatable bonds is 6. The largest absolute Gasteiger partial charge is 0.352 e. The van der Waals surface area contributed by atoms with Crippen molar-refractivity contribution in [3.05, 3.63) is 65.2 Å². The van der Waals surface area contributed by atoms with Gasteiger partial charge >= 0.3 is 0 Å². The van der Waals surface area contributed by atoms with Crippen molar-refractivity contribution < 1.29 is 13.2 Å². The van der Waals surface area contributed by atoms with Crippen molar-refractivity contribution in [2.45, 2.75) is 43.5 Å². The lowest BCUT2D eigenvalue weighted by molar-refractivity contribution is 0.0945. The molecule has 1 unspecified atom stereocenters. The summed E-state index contributed by atoms with van der Waals surface area (Å²) in [6.45, 7) is 4.51. The minimum Gasteiger partial charge on any atom is -0.352 e. The second-order valence-electron chi connectivity index (χ2n) is 6.88. The van der Waals surface area contributed by atoms with E-state index in [1.165, 1.54) is 6.07 Å². The summed E-state index contributed by atoms with van der Waals surface area (Å²) < 4.78 is 29.0. The molecule has 0 saturated carbocycles. The molecule has 1 aliphatic rings. The summed E-state index contributed by atoms with van der Waals surface area (Å²) in [5.41, 5.74) is 1.52. The van der Waals surface area contributed by atoms with Crippen LogP contribution in [0.2, 0.25) is 0 Å². The number of hydrogen-bond donors (Lipinski definition) is 2. The molecule has 3 rings (SSSR count). The smallest absolute Gasteiger partial charge is 0.251 e. The lowest BCUT2D eigenvalue weighted by Gasteiger charge is -2.31. The maximum atomic E-state index is 13.0. The van der Waals surface area contributed by atoms with Crippen LogP contribution in [0.1, 0.15) is 48.2 Å². The molecule has 6 heteroatoms. The normalized spacial score (nSPS) is 16.5. The lowest BCUT2D eigenvalue weighted by Crippen LogP contribution is -2.43. The molecule has 2 aromatic rings. The third kappa shape index (κ3) is 3.66. The first-order chi connectivity index (χ1) is 12.4. The molecule has 1 amide bonds. The first-order valence-electron chi connectivity index (χ1n) is 8.86. The molecule has 2 N–H and O–H groups in total. The highest BCUT2D eigenvalue weighted by Gasteiger charge is 2.32. The Bertz CT molecular complexity index is 910. The highest BCUT2D eigenvalue weighted by atomic mass is 32.2. The van der Waals surface area contributed by atoms with Crippen LogP contribution in [-0.2, 0) is 22.0 Å². The van der Waals surface area contributed by atoms with E-state index in [-0.39, 0.29) is 10.8 Å². The van der Waals surface area contributed by atoms with Crippen LogP contribution in [0.4, 0.5) is 0 Å². The van der Waals surface area contributed by atoms with E-state index in [0.29, 0.717) is 24.9 Å². The Hall–Kier alpha value is -2.18. The minimum absolute atomic E-state index is 0.117. The highest BCUT2D eigenvalue weighted by molar-refractivity contribution is 7.89. The van der Waals surface area contributed by atoms with Gasteiger partial charge in [-0.15, -0.1) is 0 Å². The summed E-state index contributed by atoms with van der Waals surface area (Å²) in [7, 11) is -3.78. The monoisotopic (exact) mass is 372 g/mol. The maximum Gasteiger partial charge on any atom is 0.251 e. The molecule has 2 aromatic carbocycles. The van der Waals surface area contributed by atoms with Crippen LogP contribution in [0.3, 0.4) is 0 Å². The van der Waals surface area contributed by atoms with Gasteiger partial charge in [-0.3, -0.25) is 4.79 Å². The third-order valence-corrected chi connectivity index (χ3v) is 6.43. The second-order valence-corrected chi connectivity index (χ2v) is 8.56. The Kier molecular flexibility index (Phi) is 5.16. The molecule has 0 aliphatic carbocycles. The first kappa shape index (κ1) is 18.6. The van der Waals surface area contributed by atoms with Crippen LogP contribution in [0.5, 0.6) is 0 Å². The van der Waals surface area contributed by atoms with Crippen LogP contribution in [0.25, 0.3) is 0 Å². The fourth-order valence-electron chi connectivity index (χ4n) is 3.47. The van der Waals surface area contributed by atoms with Gasteiger partial charge in [0.25, 0.3) is 5.91 Å². The van der Waals surface area contributed by atoms with E-state index in [1.807, 2.05) is 44.2 Å². The zero-order valence-corrected chi connectivity index (χ0v) is 15.9. The maximum absolute atomic E-state index is 13.0. The number of fused-ring (bicyclic) bond motifs is 1. The minimum atomic E-state index is -3.78. The van der Waals surface area contributed by atoms with Crippen LogP contribution >= 0.6 is 0 Å². The van der Waals surface area contributed by atoms with Crippen molar-refractivity contribution in [2.75, 3.05) is 6.54 Å². The van der Waals surface area contributed by atoms with Crippen molar-refractivity contribution in [1.29, 1.82) is 0 Å². The molecule has 0 fully saturated rings. The summed E-state index contributed by atoms with van der Waals surface area (Å²) in [5.74, 6) is -0.220. The molecule has 0 aromatic heterocycles. The van der Waals surface area contributed by atoms with Gasteiger partial charge in [-0.2, -0.15) is 0 Å². The van der Waals surface area contributed by atoms with Crippen LogP contribution in [0.15, 0.2) is 53.4 Å². The highest BCUT2D eigenvalue weighted by Crippen LogP contribution is 2.29. The molecular formula is C20H24N2O3S. The van der Waals surface area contributed by atoms with Crippen LogP contribution < -0.4 is 10.0 Å². The van der Waals surface area contributed by atoms with Gasteiger partial charge < -0.3 is 5.32 Å². The molecule has 1 atom stereocenters. The second kappa shape index (κ2) is 7.21. The summed E-state index contributed by atoms with van der Waals surface area (Å²) in [4.78, 5) is 12.2. The molecule has 0 radical (unpaired) electrons. The molecule has 0 bridgehead atoms. The van der Waals surface area contributed by atoms with Gasteiger partial charge in [-0.25, -0.2) is 13.1 Å².